The van der Waals surface area contributed by atoms with Crippen LogP contribution in [0.4, 0.5) is 0 Å². The van der Waals surface area contributed by atoms with Crippen LogP contribution in [0.5, 0.6) is 0 Å². The van der Waals surface area contributed by atoms with E-state index < -0.39 is 6.04 Å². The lowest BCUT2D eigenvalue weighted by atomic mass is 9.89. The maximum absolute atomic E-state index is 13.0. The van der Waals surface area contributed by atoms with Crippen LogP contribution in [0, 0.1) is 0 Å². The number of nitrogens with zero attached hydrogens (tertiary/aromatic N) is 3. The Morgan fingerprint density at radius 2 is 1.73 bits per heavy atom. The number of carbonyl (C=O) groups excluding carboxylic acids is 2. The van der Waals surface area contributed by atoms with Gasteiger partial charge in [0.1, 0.15) is 17.6 Å². The SMILES string of the molecule is CC(C)(C)NC1CCC(N2CC[C@H](NC(=O)c3ccnc(C(C)(C)C)n3)C2=O)CC1. The molecule has 3 rings (SSSR count). The van der Waals surface area contributed by atoms with Crippen molar-refractivity contribution in [3.8, 4) is 0 Å². The lowest BCUT2D eigenvalue weighted by molar-refractivity contribution is -0.131. The summed E-state index contributed by atoms with van der Waals surface area (Å²) in [6.45, 7) is 13.3. The van der Waals surface area contributed by atoms with E-state index in [9.17, 15) is 9.59 Å². The van der Waals surface area contributed by atoms with Crippen molar-refractivity contribution >= 4 is 11.8 Å². The van der Waals surface area contributed by atoms with Gasteiger partial charge in [-0.1, -0.05) is 20.8 Å². The molecule has 0 radical (unpaired) electrons. The third kappa shape index (κ3) is 5.56. The van der Waals surface area contributed by atoms with E-state index in [1.807, 2.05) is 25.7 Å². The zero-order valence-corrected chi connectivity index (χ0v) is 19.3. The van der Waals surface area contributed by atoms with Gasteiger partial charge in [0.05, 0.1) is 0 Å². The predicted molar refractivity (Wildman–Crippen MR) is 117 cm³/mol. The summed E-state index contributed by atoms with van der Waals surface area (Å²) in [4.78, 5) is 36.3. The normalized spacial score (nSPS) is 25.5. The van der Waals surface area contributed by atoms with E-state index in [-0.39, 0.29) is 28.8 Å². The van der Waals surface area contributed by atoms with Gasteiger partial charge in [0.2, 0.25) is 5.91 Å². The Morgan fingerprint density at radius 3 is 2.33 bits per heavy atom. The summed E-state index contributed by atoms with van der Waals surface area (Å²) in [7, 11) is 0. The summed E-state index contributed by atoms with van der Waals surface area (Å²) < 4.78 is 0. The van der Waals surface area contributed by atoms with Crippen LogP contribution in [-0.2, 0) is 10.2 Å². The van der Waals surface area contributed by atoms with Crippen LogP contribution in [0.1, 0.15) is 90.0 Å². The molecular weight excluding hydrogens is 378 g/mol. The van der Waals surface area contributed by atoms with Crippen molar-refractivity contribution in [2.45, 2.75) is 103 Å². The molecule has 1 aliphatic carbocycles. The Bertz CT molecular complexity index is 773. The van der Waals surface area contributed by atoms with Crippen molar-refractivity contribution in [2.24, 2.45) is 0 Å². The van der Waals surface area contributed by atoms with E-state index in [2.05, 4.69) is 41.4 Å². The average Bonchev–Trinajstić information content (AvgIpc) is 3.01. The number of amides is 2. The van der Waals surface area contributed by atoms with Gasteiger partial charge in [-0.25, -0.2) is 9.97 Å². The molecule has 0 bridgehead atoms. The van der Waals surface area contributed by atoms with Crippen LogP contribution in [0.2, 0.25) is 0 Å². The highest BCUT2D eigenvalue weighted by molar-refractivity contribution is 5.96. The highest BCUT2D eigenvalue weighted by Crippen LogP contribution is 2.28. The first-order valence-corrected chi connectivity index (χ1v) is 11.2. The molecule has 1 aromatic rings. The molecule has 2 fully saturated rings. The van der Waals surface area contributed by atoms with Crippen molar-refractivity contribution in [3.05, 3.63) is 23.8 Å². The first-order chi connectivity index (χ1) is 13.9. The van der Waals surface area contributed by atoms with Gasteiger partial charge in [0.15, 0.2) is 0 Å². The highest BCUT2D eigenvalue weighted by atomic mass is 16.2. The molecule has 2 aliphatic rings. The standard InChI is InChI=1S/C23H37N5O2/c1-22(2,3)21-24-13-11-17(26-21)19(29)25-18-12-14-28(20(18)30)16-9-7-15(8-10-16)27-23(4,5)6/h11,13,15-16,18,27H,7-10,12,14H2,1-6H3,(H,25,29)/t15?,16?,18-/m0/s1. The minimum Gasteiger partial charge on any atom is -0.339 e. The minimum absolute atomic E-state index is 0.0423. The van der Waals surface area contributed by atoms with Crippen molar-refractivity contribution in [3.63, 3.8) is 0 Å². The van der Waals surface area contributed by atoms with Crippen LogP contribution in [0.15, 0.2) is 12.3 Å². The molecule has 0 spiro atoms. The fourth-order valence-electron chi connectivity index (χ4n) is 4.42. The molecule has 30 heavy (non-hydrogen) atoms. The molecule has 1 saturated carbocycles. The van der Waals surface area contributed by atoms with Crippen molar-refractivity contribution in [2.75, 3.05) is 6.54 Å². The van der Waals surface area contributed by atoms with E-state index in [0.717, 1.165) is 25.7 Å². The minimum atomic E-state index is -0.462. The van der Waals surface area contributed by atoms with Crippen LogP contribution in [0.3, 0.4) is 0 Å². The zero-order chi connectivity index (χ0) is 22.1. The summed E-state index contributed by atoms with van der Waals surface area (Å²) in [6.07, 6.45) is 6.46. The largest absolute Gasteiger partial charge is 0.339 e. The predicted octanol–water partition coefficient (Wildman–Crippen LogP) is 2.80. The summed E-state index contributed by atoms with van der Waals surface area (Å²) in [5, 5.41) is 6.58. The highest BCUT2D eigenvalue weighted by Gasteiger charge is 2.38. The van der Waals surface area contributed by atoms with Gasteiger partial charge in [-0.05, 0) is 58.9 Å². The van der Waals surface area contributed by atoms with E-state index in [1.54, 1.807) is 12.3 Å². The van der Waals surface area contributed by atoms with Crippen molar-refractivity contribution < 1.29 is 9.59 Å². The van der Waals surface area contributed by atoms with E-state index >= 15 is 0 Å². The second-order valence-electron chi connectivity index (χ2n) is 10.8. The van der Waals surface area contributed by atoms with Gasteiger partial charge >= 0.3 is 0 Å². The Kier molecular flexibility index (Phi) is 6.51. The van der Waals surface area contributed by atoms with E-state index in [1.165, 1.54) is 0 Å². The summed E-state index contributed by atoms with van der Waals surface area (Å²) in [5.74, 6) is 0.358. The topological polar surface area (TPSA) is 87.2 Å². The molecule has 1 atom stereocenters. The first-order valence-electron chi connectivity index (χ1n) is 11.2. The fraction of sp³-hybridized carbons (Fsp3) is 0.739. The Morgan fingerprint density at radius 1 is 1.07 bits per heavy atom. The van der Waals surface area contributed by atoms with E-state index in [0.29, 0.717) is 30.5 Å². The Labute approximate surface area is 180 Å². The van der Waals surface area contributed by atoms with Gasteiger partial charge in [0, 0.05) is 35.8 Å². The number of carbonyl (C=O) groups is 2. The van der Waals surface area contributed by atoms with Gasteiger partial charge < -0.3 is 15.5 Å². The molecule has 1 aliphatic heterocycles. The summed E-state index contributed by atoms with van der Waals surface area (Å²) >= 11 is 0. The number of nitrogens with one attached hydrogen (secondary N) is 2. The van der Waals surface area contributed by atoms with Crippen LogP contribution < -0.4 is 10.6 Å². The Hall–Kier alpha value is -2.02. The average molecular weight is 416 g/mol. The quantitative estimate of drug-likeness (QED) is 0.790. The smallest absolute Gasteiger partial charge is 0.270 e. The monoisotopic (exact) mass is 415 g/mol. The Balaban J connectivity index is 1.55. The lowest BCUT2D eigenvalue weighted by Crippen LogP contribution is -2.49. The second-order valence-corrected chi connectivity index (χ2v) is 10.8. The maximum atomic E-state index is 13.0. The number of hydrogen-bond acceptors (Lipinski definition) is 5. The zero-order valence-electron chi connectivity index (χ0n) is 19.3. The molecule has 7 heteroatoms. The molecule has 2 N–H and O–H groups in total. The van der Waals surface area contributed by atoms with Gasteiger partial charge in [-0.3, -0.25) is 9.59 Å². The third-order valence-corrected chi connectivity index (χ3v) is 5.88. The fourth-order valence-corrected chi connectivity index (χ4v) is 4.42. The molecule has 166 valence electrons. The third-order valence-electron chi connectivity index (χ3n) is 5.88. The van der Waals surface area contributed by atoms with Gasteiger partial charge in [-0.15, -0.1) is 0 Å². The van der Waals surface area contributed by atoms with Crippen LogP contribution in [0.25, 0.3) is 0 Å². The van der Waals surface area contributed by atoms with Gasteiger partial charge in [-0.2, -0.15) is 0 Å². The summed E-state index contributed by atoms with van der Waals surface area (Å²) in [6, 6.07) is 1.94. The first kappa shape index (κ1) is 22.7. The van der Waals surface area contributed by atoms with E-state index in [4.69, 9.17) is 0 Å². The van der Waals surface area contributed by atoms with Crippen LogP contribution >= 0.6 is 0 Å². The maximum Gasteiger partial charge on any atom is 0.270 e. The molecule has 2 amide bonds. The number of likely N-dealkylation sites (tertiary alicyclic amines) is 1. The molecule has 1 aromatic heterocycles. The second kappa shape index (κ2) is 8.61. The van der Waals surface area contributed by atoms with Gasteiger partial charge in [0.25, 0.3) is 5.91 Å². The molecule has 1 saturated heterocycles. The number of hydrogen-bond donors (Lipinski definition) is 2. The number of aromatic nitrogens is 2. The molecular formula is C23H37N5O2. The lowest BCUT2D eigenvalue weighted by Gasteiger charge is -2.37. The number of rotatable bonds is 4. The van der Waals surface area contributed by atoms with Crippen molar-refractivity contribution in [1.29, 1.82) is 0 Å². The molecule has 0 aromatic carbocycles. The molecule has 2 heterocycles. The molecule has 7 nitrogen and oxygen atoms in total. The van der Waals surface area contributed by atoms with Crippen LogP contribution in [-0.4, -0.2) is 56.9 Å². The molecule has 0 unspecified atom stereocenters. The van der Waals surface area contributed by atoms with Crippen molar-refractivity contribution in [1.82, 2.24) is 25.5 Å². The summed E-state index contributed by atoms with van der Waals surface area (Å²) in [5.41, 5.74) is 0.191.